The van der Waals surface area contributed by atoms with Gasteiger partial charge in [0.05, 0.1) is 4.90 Å². The first kappa shape index (κ1) is 17.4. The number of carbonyl (C=O) groups excluding carboxylic acids is 2. The number of hydrogen-bond acceptors (Lipinski definition) is 4. The van der Waals surface area contributed by atoms with Gasteiger partial charge in [-0.05, 0) is 37.1 Å². The van der Waals surface area contributed by atoms with E-state index in [0.717, 1.165) is 19.3 Å². The van der Waals surface area contributed by atoms with E-state index < -0.39 is 15.9 Å². The molecule has 2 amide bonds. The van der Waals surface area contributed by atoms with E-state index in [4.69, 9.17) is 5.73 Å². The van der Waals surface area contributed by atoms with Crippen LogP contribution in [0.1, 0.15) is 36.0 Å². The SMILES string of the molecule is NC(=O)c1ccc(S(=O)(=O)NCCN2CCCCCC2=O)cc1. The third-order valence-corrected chi connectivity index (χ3v) is 5.27. The monoisotopic (exact) mass is 339 g/mol. The fourth-order valence-corrected chi connectivity index (χ4v) is 3.49. The zero-order chi connectivity index (χ0) is 16.9. The van der Waals surface area contributed by atoms with Crippen LogP contribution in [-0.4, -0.2) is 44.8 Å². The highest BCUT2D eigenvalue weighted by Crippen LogP contribution is 2.12. The molecule has 0 radical (unpaired) electrons. The Labute approximate surface area is 135 Å². The summed E-state index contributed by atoms with van der Waals surface area (Å²) in [5, 5.41) is 0. The third-order valence-electron chi connectivity index (χ3n) is 3.79. The maximum Gasteiger partial charge on any atom is 0.248 e. The first-order valence-corrected chi connectivity index (χ1v) is 9.06. The Balaban J connectivity index is 1.93. The molecule has 126 valence electrons. The highest BCUT2D eigenvalue weighted by Gasteiger charge is 2.18. The minimum atomic E-state index is -3.67. The Kier molecular flexibility index (Phi) is 5.73. The van der Waals surface area contributed by atoms with Crippen molar-refractivity contribution >= 4 is 21.8 Å². The lowest BCUT2D eigenvalue weighted by atomic mass is 10.2. The molecule has 2 rings (SSSR count). The van der Waals surface area contributed by atoms with Crippen molar-refractivity contribution in [2.24, 2.45) is 5.73 Å². The van der Waals surface area contributed by atoms with Crippen LogP contribution in [0.2, 0.25) is 0 Å². The molecule has 0 aliphatic carbocycles. The predicted octanol–water partition coefficient (Wildman–Crippen LogP) is 0.466. The number of rotatable bonds is 6. The zero-order valence-corrected chi connectivity index (χ0v) is 13.6. The normalized spacial score (nSPS) is 16.2. The maximum absolute atomic E-state index is 12.2. The molecule has 7 nitrogen and oxygen atoms in total. The number of primary amides is 1. The van der Waals surface area contributed by atoms with Gasteiger partial charge in [0, 0.05) is 31.6 Å². The summed E-state index contributed by atoms with van der Waals surface area (Å²) < 4.78 is 26.8. The van der Waals surface area contributed by atoms with E-state index in [2.05, 4.69) is 4.72 Å². The standard InChI is InChI=1S/C15H21N3O4S/c16-15(20)12-5-7-13(8-6-12)23(21,22)17-9-11-18-10-3-1-2-4-14(18)19/h5-8,17H,1-4,9-11H2,(H2,16,20). The van der Waals surface area contributed by atoms with Gasteiger partial charge in [0.2, 0.25) is 21.8 Å². The molecule has 1 heterocycles. The van der Waals surface area contributed by atoms with Gasteiger partial charge in [0.1, 0.15) is 0 Å². The van der Waals surface area contributed by atoms with Gasteiger partial charge in [-0.25, -0.2) is 13.1 Å². The second kappa shape index (κ2) is 7.56. The quantitative estimate of drug-likeness (QED) is 0.785. The number of nitrogens with two attached hydrogens (primary N) is 1. The van der Waals surface area contributed by atoms with E-state index in [0.29, 0.717) is 19.5 Å². The lowest BCUT2D eigenvalue weighted by Gasteiger charge is -2.20. The molecule has 1 aliphatic rings. The van der Waals surface area contributed by atoms with Crippen molar-refractivity contribution in [3.05, 3.63) is 29.8 Å². The van der Waals surface area contributed by atoms with Crippen molar-refractivity contribution in [3.8, 4) is 0 Å². The number of benzene rings is 1. The fraction of sp³-hybridized carbons (Fsp3) is 0.467. The summed E-state index contributed by atoms with van der Waals surface area (Å²) in [6.45, 7) is 1.19. The van der Waals surface area contributed by atoms with E-state index >= 15 is 0 Å². The number of nitrogens with zero attached hydrogens (tertiary/aromatic N) is 1. The third kappa shape index (κ3) is 4.77. The topological polar surface area (TPSA) is 110 Å². The van der Waals surface area contributed by atoms with Crippen molar-refractivity contribution in [1.29, 1.82) is 0 Å². The van der Waals surface area contributed by atoms with Crippen LogP contribution in [0.15, 0.2) is 29.2 Å². The summed E-state index contributed by atoms with van der Waals surface area (Å²) in [4.78, 5) is 24.6. The maximum atomic E-state index is 12.2. The highest BCUT2D eigenvalue weighted by atomic mass is 32.2. The number of nitrogens with one attached hydrogen (secondary N) is 1. The molecule has 0 spiro atoms. The highest BCUT2D eigenvalue weighted by molar-refractivity contribution is 7.89. The average molecular weight is 339 g/mol. The lowest BCUT2D eigenvalue weighted by Crippen LogP contribution is -2.38. The van der Waals surface area contributed by atoms with Crippen LogP contribution in [0.5, 0.6) is 0 Å². The molecule has 3 N–H and O–H groups in total. The molecular weight excluding hydrogens is 318 g/mol. The summed E-state index contributed by atoms with van der Waals surface area (Å²) in [6.07, 6.45) is 3.40. The second-order valence-electron chi connectivity index (χ2n) is 5.48. The summed E-state index contributed by atoms with van der Waals surface area (Å²) in [5.74, 6) is -0.533. The van der Waals surface area contributed by atoms with Crippen LogP contribution in [0, 0.1) is 0 Å². The van der Waals surface area contributed by atoms with Gasteiger partial charge >= 0.3 is 0 Å². The summed E-state index contributed by atoms with van der Waals surface area (Å²) in [6, 6.07) is 5.41. The Morgan fingerprint density at radius 1 is 1.17 bits per heavy atom. The number of hydrogen-bond donors (Lipinski definition) is 2. The van der Waals surface area contributed by atoms with Crippen LogP contribution in [-0.2, 0) is 14.8 Å². The molecule has 23 heavy (non-hydrogen) atoms. The van der Waals surface area contributed by atoms with Crippen molar-refractivity contribution in [3.63, 3.8) is 0 Å². The molecular formula is C15H21N3O4S. The Hall–Kier alpha value is -1.93. The van der Waals surface area contributed by atoms with Crippen molar-refractivity contribution in [1.82, 2.24) is 9.62 Å². The Morgan fingerprint density at radius 3 is 2.52 bits per heavy atom. The van der Waals surface area contributed by atoms with Gasteiger partial charge in [-0.3, -0.25) is 9.59 Å². The van der Waals surface area contributed by atoms with Crippen molar-refractivity contribution in [2.75, 3.05) is 19.6 Å². The fourth-order valence-electron chi connectivity index (χ4n) is 2.47. The summed E-state index contributed by atoms with van der Waals surface area (Å²) in [5.41, 5.74) is 5.37. The van der Waals surface area contributed by atoms with Crippen LogP contribution >= 0.6 is 0 Å². The van der Waals surface area contributed by atoms with E-state index in [1.54, 1.807) is 4.90 Å². The molecule has 0 saturated carbocycles. The summed E-state index contributed by atoms with van der Waals surface area (Å²) >= 11 is 0. The van der Waals surface area contributed by atoms with Gasteiger partial charge in [-0.1, -0.05) is 6.42 Å². The van der Waals surface area contributed by atoms with Gasteiger partial charge in [0.25, 0.3) is 0 Å². The predicted molar refractivity (Wildman–Crippen MR) is 85.2 cm³/mol. The average Bonchev–Trinajstić information content (AvgIpc) is 2.72. The molecule has 0 atom stereocenters. The first-order valence-electron chi connectivity index (χ1n) is 7.57. The van der Waals surface area contributed by atoms with Crippen molar-refractivity contribution < 1.29 is 18.0 Å². The molecule has 0 bridgehead atoms. The lowest BCUT2D eigenvalue weighted by molar-refractivity contribution is -0.130. The van der Waals surface area contributed by atoms with Gasteiger partial charge in [-0.15, -0.1) is 0 Å². The van der Waals surface area contributed by atoms with Gasteiger partial charge in [0.15, 0.2) is 0 Å². The second-order valence-corrected chi connectivity index (χ2v) is 7.24. The smallest absolute Gasteiger partial charge is 0.248 e. The zero-order valence-electron chi connectivity index (χ0n) is 12.8. The van der Waals surface area contributed by atoms with E-state index in [-0.39, 0.29) is 22.9 Å². The first-order chi connectivity index (χ1) is 10.9. The molecule has 1 aliphatic heterocycles. The number of likely N-dealkylation sites (tertiary alicyclic amines) is 1. The van der Waals surface area contributed by atoms with Crippen LogP contribution in [0.25, 0.3) is 0 Å². The molecule has 8 heteroatoms. The van der Waals surface area contributed by atoms with Crippen LogP contribution in [0.4, 0.5) is 0 Å². The molecule has 1 aromatic rings. The molecule has 1 saturated heterocycles. The minimum Gasteiger partial charge on any atom is -0.366 e. The molecule has 1 fully saturated rings. The van der Waals surface area contributed by atoms with Crippen LogP contribution < -0.4 is 10.5 Å². The van der Waals surface area contributed by atoms with Gasteiger partial charge < -0.3 is 10.6 Å². The molecule has 1 aromatic carbocycles. The van der Waals surface area contributed by atoms with E-state index in [1.165, 1.54) is 24.3 Å². The summed E-state index contributed by atoms with van der Waals surface area (Å²) in [7, 11) is -3.67. The van der Waals surface area contributed by atoms with Crippen molar-refractivity contribution in [2.45, 2.75) is 30.6 Å². The number of amides is 2. The largest absolute Gasteiger partial charge is 0.366 e. The Morgan fingerprint density at radius 2 is 1.87 bits per heavy atom. The van der Waals surface area contributed by atoms with Gasteiger partial charge in [-0.2, -0.15) is 0 Å². The molecule has 0 aromatic heterocycles. The van der Waals surface area contributed by atoms with E-state index in [1.807, 2.05) is 0 Å². The number of carbonyl (C=O) groups is 2. The van der Waals surface area contributed by atoms with E-state index in [9.17, 15) is 18.0 Å². The number of sulfonamides is 1. The Bertz CT molecular complexity index is 670. The minimum absolute atomic E-state index is 0.0599. The van der Waals surface area contributed by atoms with Crippen LogP contribution in [0.3, 0.4) is 0 Å². The molecule has 0 unspecified atom stereocenters.